The molecule has 3 rings (SSSR count). The zero-order chi connectivity index (χ0) is 15.7. The molecule has 0 radical (unpaired) electrons. The highest BCUT2D eigenvalue weighted by atomic mass is 19.1. The van der Waals surface area contributed by atoms with Gasteiger partial charge in [0.2, 0.25) is 0 Å². The molecule has 3 heterocycles. The highest BCUT2D eigenvalue weighted by molar-refractivity contribution is 5.47. The third-order valence-electron chi connectivity index (χ3n) is 4.27. The van der Waals surface area contributed by atoms with Crippen LogP contribution in [0, 0.1) is 10.1 Å². The van der Waals surface area contributed by atoms with Gasteiger partial charge >= 0.3 is 5.82 Å². The molecular formula is C14H19FN4O3. The number of nitrogens with zero attached hydrogens (tertiary/aromatic N) is 4. The van der Waals surface area contributed by atoms with E-state index in [4.69, 9.17) is 0 Å². The number of aliphatic hydroxyl groups is 1. The molecule has 0 spiro atoms. The first-order chi connectivity index (χ1) is 10.5. The molecule has 7 nitrogen and oxygen atoms in total. The molecule has 120 valence electrons. The van der Waals surface area contributed by atoms with Gasteiger partial charge in [0.15, 0.2) is 6.20 Å². The van der Waals surface area contributed by atoms with Crippen molar-refractivity contribution < 1.29 is 14.4 Å². The van der Waals surface area contributed by atoms with Gasteiger partial charge in [0, 0.05) is 38.8 Å². The molecule has 1 N–H and O–H groups in total. The molecule has 0 aliphatic carbocycles. The molecule has 2 aliphatic rings. The third kappa shape index (κ3) is 3.17. The molecule has 2 aliphatic heterocycles. The predicted molar refractivity (Wildman–Crippen MR) is 78.6 cm³/mol. The summed E-state index contributed by atoms with van der Waals surface area (Å²) < 4.78 is 12.9. The van der Waals surface area contributed by atoms with Crippen LogP contribution in [0.25, 0.3) is 0 Å². The first-order valence-corrected chi connectivity index (χ1v) is 7.39. The number of piperidine rings is 1. The van der Waals surface area contributed by atoms with Crippen LogP contribution in [0.4, 0.5) is 15.9 Å². The number of β-amino-alcohol motifs (C(OH)–C–C–N with tert-alkyl or cyclic N) is 1. The number of nitro groups is 1. The van der Waals surface area contributed by atoms with Gasteiger partial charge in [-0.2, -0.15) is 0 Å². The van der Waals surface area contributed by atoms with Gasteiger partial charge in [0.1, 0.15) is 6.17 Å². The van der Waals surface area contributed by atoms with Crippen molar-refractivity contribution in [3.63, 3.8) is 0 Å². The number of hydrogen-bond acceptors (Lipinski definition) is 6. The third-order valence-corrected chi connectivity index (χ3v) is 4.27. The van der Waals surface area contributed by atoms with E-state index in [1.807, 2.05) is 9.80 Å². The molecule has 2 saturated heterocycles. The second-order valence-electron chi connectivity index (χ2n) is 6.17. The molecule has 1 unspecified atom stereocenters. The zero-order valence-corrected chi connectivity index (χ0v) is 12.2. The van der Waals surface area contributed by atoms with Gasteiger partial charge in [0.25, 0.3) is 0 Å². The summed E-state index contributed by atoms with van der Waals surface area (Å²) in [6.07, 6.45) is 2.19. The minimum atomic E-state index is -0.875. The topological polar surface area (TPSA) is 82.7 Å². The second kappa shape index (κ2) is 5.77. The van der Waals surface area contributed by atoms with Gasteiger partial charge < -0.3 is 20.1 Å². The van der Waals surface area contributed by atoms with E-state index >= 15 is 0 Å². The average Bonchev–Trinajstić information content (AvgIpc) is 2.45. The summed E-state index contributed by atoms with van der Waals surface area (Å²) in [5.41, 5.74) is -0.115. The number of pyridine rings is 1. The maximum atomic E-state index is 12.9. The van der Waals surface area contributed by atoms with Crippen LogP contribution in [-0.2, 0) is 0 Å². The Balaban J connectivity index is 1.65. The van der Waals surface area contributed by atoms with Gasteiger partial charge in [-0.15, -0.1) is 0 Å². The van der Waals surface area contributed by atoms with Crippen molar-refractivity contribution in [2.75, 3.05) is 37.6 Å². The molecule has 0 amide bonds. The van der Waals surface area contributed by atoms with Crippen LogP contribution in [0.15, 0.2) is 18.3 Å². The Morgan fingerprint density at radius 1 is 1.50 bits per heavy atom. The standard InChI is InChI=1S/C14H19FN4O3/c15-11-7-17(8-11)9-14(20)4-1-5-18(10-14)12-2-3-13(16-6-12)19(21)22/h2-3,6,11,20H,1,4-5,7-10H2. The predicted octanol–water partition coefficient (Wildman–Crippen LogP) is 0.975. The fourth-order valence-electron chi connectivity index (χ4n) is 3.19. The number of anilines is 1. The van der Waals surface area contributed by atoms with Crippen molar-refractivity contribution in [3.05, 3.63) is 28.4 Å². The lowest BCUT2D eigenvalue weighted by Gasteiger charge is -2.45. The summed E-state index contributed by atoms with van der Waals surface area (Å²) in [6.45, 7) is 2.45. The number of alkyl halides is 1. The van der Waals surface area contributed by atoms with Crippen molar-refractivity contribution in [3.8, 4) is 0 Å². The van der Waals surface area contributed by atoms with Gasteiger partial charge in [-0.1, -0.05) is 0 Å². The molecule has 22 heavy (non-hydrogen) atoms. The molecule has 8 heteroatoms. The van der Waals surface area contributed by atoms with Crippen molar-refractivity contribution in [2.45, 2.75) is 24.6 Å². The van der Waals surface area contributed by atoms with Gasteiger partial charge in [0.05, 0.1) is 11.3 Å². The van der Waals surface area contributed by atoms with E-state index in [-0.39, 0.29) is 5.82 Å². The van der Waals surface area contributed by atoms with Crippen LogP contribution in [0.3, 0.4) is 0 Å². The lowest BCUT2D eigenvalue weighted by atomic mass is 9.91. The Bertz CT molecular complexity index is 550. The molecule has 0 saturated carbocycles. The highest BCUT2D eigenvalue weighted by Crippen LogP contribution is 2.28. The van der Waals surface area contributed by atoms with Gasteiger partial charge in [-0.25, -0.2) is 4.39 Å². The van der Waals surface area contributed by atoms with Crippen LogP contribution in [-0.4, -0.2) is 64.4 Å². The molecule has 1 atom stereocenters. The largest absolute Gasteiger partial charge is 0.387 e. The zero-order valence-electron chi connectivity index (χ0n) is 12.2. The summed E-state index contributed by atoms with van der Waals surface area (Å²) in [5, 5.41) is 21.4. The minimum Gasteiger partial charge on any atom is -0.387 e. The Kier molecular flexibility index (Phi) is 3.96. The van der Waals surface area contributed by atoms with E-state index in [1.54, 1.807) is 6.07 Å². The van der Waals surface area contributed by atoms with Crippen LogP contribution in [0.5, 0.6) is 0 Å². The van der Waals surface area contributed by atoms with E-state index in [1.165, 1.54) is 12.3 Å². The maximum absolute atomic E-state index is 12.9. The number of rotatable bonds is 4. The van der Waals surface area contributed by atoms with E-state index in [0.29, 0.717) is 32.6 Å². The molecule has 1 aromatic rings. The molecular weight excluding hydrogens is 291 g/mol. The van der Waals surface area contributed by atoms with Crippen molar-refractivity contribution in [2.24, 2.45) is 0 Å². The Morgan fingerprint density at radius 3 is 2.86 bits per heavy atom. The van der Waals surface area contributed by atoms with Crippen LogP contribution in [0.1, 0.15) is 12.8 Å². The normalized spacial score (nSPS) is 26.7. The van der Waals surface area contributed by atoms with E-state index < -0.39 is 16.7 Å². The summed E-state index contributed by atoms with van der Waals surface area (Å²) in [6, 6.07) is 3.02. The van der Waals surface area contributed by atoms with Gasteiger partial charge in [-0.3, -0.25) is 4.90 Å². The number of halogens is 1. The van der Waals surface area contributed by atoms with Crippen LogP contribution < -0.4 is 4.90 Å². The second-order valence-corrected chi connectivity index (χ2v) is 6.17. The molecule has 2 fully saturated rings. The van der Waals surface area contributed by atoms with Crippen LogP contribution in [0.2, 0.25) is 0 Å². The van der Waals surface area contributed by atoms with Crippen molar-refractivity contribution >= 4 is 11.5 Å². The smallest absolute Gasteiger partial charge is 0.363 e. The molecule has 0 bridgehead atoms. The van der Waals surface area contributed by atoms with E-state index in [2.05, 4.69) is 4.98 Å². The number of aromatic nitrogens is 1. The van der Waals surface area contributed by atoms with E-state index in [0.717, 1.165) is 18.7 Å². The SMILES string of the molecule is O=[N+]([O-])c1ccc(N2CCCC(O)(CN3CC(F)C3)C2)cn1. The first kappa shape index (κ1) is 15.1. The Hall–Kier alpha value is -1.80. The van der Waals surface area contributed by atoms with Crippen molar-refractivity contribution in [1.29, 1.82) is 0 Å². The lowest BCUT2D eigenvalue weighted by molar-refractivity contribution is -0.389. The fourth-order valence-corrected chi connectivity index (χ4v) is 3.19. The maximum Gasteiger partial charge on any atom is 0.363 e. The van der Waals surface area contributed by atoms with Gasteiger partial charge in [-0.05, 0) is 28.8 Å². The summed E-state index contributed by atoms with van der Waals surface area (Å²) in [4.78, 5) is 17.8. The molecule has 1 aromatic heterocycles. The summed E-state index contributed by atoms with van der Waals surface area (Å²) in [7, 11) is 0. The number of likely N-dealkylation sites (tertiary alicyclic amines) is 1. The minimum absolute atomic E-state index is 0.189. The first-order valence-electron chi connectivity index (χ1n) is 7.39. The quantitative estimate of drug-likeness (QED) is 0.659. The number of hydrogen-bond donors (Lipinski definition) is 1. The Labute approximate surface area is 127 Å². The highest BCUT2D eigenvalue weighted by Gasteiger charge is 2.39. The van der Waals surface area contributed by atoms with E-state index in [9.17, 15) is 19.6 Å². The van der Waals surface area contributed by atoms with Crippen molar-refractivity contribution in [1.82, 2.24) is 9.88 Å². The fraction of sp³-hybridized carbons (Fsp3) is 0.643. The Morgan fingerprint density at radius 2 is 2.27 bits per heavy atom. The average molecular weight is 310 g/mol. The summed E-state index contributed by atoms with van der Waals surface area (Å²) in [5.74, 6) is -0.189. The monoisotopic (exact) mass is 310 g/mol. The molecule has 0 aromatic carbocycles. The van der Waals surface area contributed by atoms with Crippen LogP contribution >= 0.6 is 0 Å². The lowest BCUT2D eigenvalue weighted by Crippen LogP contribution is -2.59. The summed E-state index contributed by atoms with van der Waals surface area (Å²) >= 11 is 0.